The first-order valence-corrected chi connectivity index (χ1v) is 5.29. The first-order chi connectivity index (χ1) is 5.68. The fraction of sp³-hybridized carbons (Fsp3) is 0.125. The molecule has 0 aliphatic heterocycles. The van der Waals surface area contributed by atoms with Crippen molar-refractivity contribution >= 4 is 44.1 Å². The topological polar surface area (TPSA) is 12.9 Å². The number of benzene rings is 1. The lowest BCUT2D eigenvalue weighted by Crippen LogP contribution is -1.82. The highest BCUT2D eigenvalue weighted by molar-refractivity contribution is 14.1. The molecule has 0 fully saturated rings. The van der Waals surface area contributed by atoms with Gasteiger partial charge in [-0.25, -0.2) is 9.37 Å². The quantitative estimate of drug-likeness (QED) is 0.679. The fourth-order valence-electron chi connectivity index (χ4n) is 1.07. The van der Waals surface area contributed by atoms with Gasteiger partial charge < -0.3 is 0 Å². The van der Waals surface area contributed by atoms with Crippen molar-refractivity contribution in [2.24, 2.45) is 0 Å². The van der Waals surface area contributed by atoms with Gasteiger partial charge >= 0.3 is 0 Å². The Hall–Kier alpha value is -0.230. The van der Waals surface area contributed by atoms with Crippen LogP contribution in [0.3, 0.4) is 0 Å². The van der Waals surface area contributed by atoms with Crippen LogP contribution < -0.4 is 0 Å². The third-order valence-electron chi connectivity index (χ3n) is 1.72. The molecule has 0 aliphatic carbocycles. The first kappa shape index (κ1) is 8.37. The largest absolute Gasteiger partial charge is 0.230 e. The van der Waals surface area contributed by atoms with Crippen LogP contribution in [0.15, 0.2) is 12.1 Å². The maximum absolute atomic E-state index is 13.0. The monoisotopic (exact) mass is 293 g/mol. The molecular formula is C8H5FINS. The lowest BCUT2D eigenvalue weighted by molar-refractivity contribution is 0.620. The van der Waals surface area contributed by atoms with Crippen LogP contribution in [-0.2, 0) is 0 Å². The van der Waals surface area contributed by atoms with E-state index in [0.717, 1.165) is 13.2 Å². The van der Waals surface area contributed by atoms with Gasteiger partial charge in [-0.05, 0) is 41.6 Å². The van der Waals surface area contributed by atoms with Crippen LogP contribution in [-0.4, -0.2) is 4.98 Å². The molecule has 0 bridgehead atoms. The summed E-state index contributed by atoms with van der Waals surface area (Å²) in [6, 6.07) is 3.27. The molecule has 1 nitrogen and oxygen atoms in total. The number of hydrogen-bond acceptors (Lipinski definition) is 2. The Balaban J connectivity index is 2.89. The SMILES string of the molecule is Cc1c(F)ccc2sc(I)nc12. The zero-order valence-electron chi connectivity index (χ0n) is 6.27. The highest BCUT2D eigenvalue weighted by Crippen LogP contribution is 2.26. The van der Waals surface area contributed by atoms with Crippen molar-refractivity contribution in [1.82, 2.24) is 4.98 Å². The second-order valence-electron chi connectivity index (χ2n) is 2.49. The number of nitrogens with zero attached hydrogens (tertiary/aromatic N) is 1. The highest BCUT2D eigenvalue weighted by atomic mass is 127. The van der Waals surface area contributed by atoms with E-state index in [9.17, 15) is 4.39 Å². The number of halogens is 2. The van der Waals surface area contributed by atoms with Gasteiger partial charge in [0.05, 0.1) is 10.2 Å². The molecule has 12 heavy (non-hydrogen) atoms. The van der Waals surface area contributed by atoms with Crippen molar-refractivity contribution in [3.05, 3.63) is 26.5 Å². The molecule has 1 aromatic heterocycles. The summed E-state index contributed by atoms with van der Waals surface area (Å²) >= 11 is 3.73. The van der Waals surface area contributed by atoms with Crippen LogP contribution >= 0.6 is 33.9 Å². The van der Waals surface area contributed by atoms with Crippen molar-refractivity contribution in [3.63, 3.8) is 0 Å². The average Bonchev–Trinajstić information content (AvgIpc) is 2.39. The van der Waals surface area contributed by atoms with Crippen LogP contribution in [0, 0.1) is 15.8 Å². The molecule has 0 saturated heterocycles. The van der Waals surface area contributed by atoms with Crippen molar-refractivity contribution < 1.29 is 4.39 Å². The Morgan fingerprint density at radius 3 is 3.00 bits per heavy atom. The minimum atomic E-state index is -0.177. The summed E-state index contributed by atoms with van der Waals surface area (Å²) in [6.07, 6.45) is 0. The lowest BCUT2D eigenvalue weighted by atomic mass is 10.2. The predicted molar refractivity (Wildman–Crippen MR) is 57.0 cm³/mol. The Morgan fingerprint density at radius 2 is 2.25 bits per heavy atom. The maximum Gasteiger partial charge on any atom is 0.155 e. The number of fused-ring (bicyclic) bond motifs is 1. The van der Waals surface area contributed by atoms with Gasteiger partial charge in [0, 0.05) is 5.56 Å². The van der Waals surface area contributed by atoms with Crippen LogP contribution in [0.1, 0.15) is 5.56 Å². The lowest BCUT2D eigenvalue weighted by Gasteiger charge is -1.94. The van der Waals surface area contributed by atoms with E-state index in [1.807, 2.05) is 0 Å². The molecule has 0 amide bonds. The summed E-state index contributed by atoms with van der Waals surface area (Å²) in [4.78, 5) is 4.24. The maximum atomic E-state index is 13.0. The fourth-order valence-corrected chi connectivity index (χ4v) is 2.78. The summed E-state index contributed by atoms with van der Waals surface area (Å²) in [5, 5.41) is 0. The predicted octanol–water partition coefficient (Wildman–Crippen LogP) is 3.35. The summed E-state index contributed by atoms with van der Waals surface area (Å²) < 4.78 is 15.0. The van der Waals surface area contributed by atoms with E-state index in [4.69, 9.17) is 0 Å². The average molecular weight is 293 g/mol. The zero-order valence-corrected chi connectivity index (χ0v) is 9.24. The van der Waals surface area contributed by atoms with Crippen LogP contribution in [0.2, 0.25) is 0 Å². The Labute approximate surface area is 86.8 Å². The summed E-state index contributed by atoms with van der Waals surface area (Å²) in [7, 11) is 0. The van der Waals surface area contributed by atoms with Gasteiger partial charge in [0.2, 0.25) is 0 Å². The van der Waals surface area contributed by atoms with Gasteiger partial charge in [-0.15, -0.1) is 11.3 Å². The summed E-state index contributed by atoms with van der Waals surface area (Å²) in [6.45, 7) is 1.76. The molecule has 2 rings (SSSR count). The number of thiazole rings is 1. The molecular weight excluding hydrogens is 288 g/mol. The minimum Gasteiger partial charge on any atom is -0.230 e. The smallest absolute Gasteiger partial charge is 0.155 e. The molecule has 0 radical (unpaired) electrons. The molecule has 0 aliphatic rings. The minimum absolute atomic E-state index is 0.177. The van der Waals surface area contributed by atoms with E-state index in [0.29, 0.717) is 5.56 Å². The second-order valence-corrected chi connectivity index (χ2v) is 5.27. The van der Waals surface area contributed by atoms with Gasteiger partial charge in [0.15, 0.2) is 3.01 Å². The molecule has 1 heterocycles. The summed E-state index contributed by atoms with van der Waals surface area (Å²) in [5.41, 5.74) is 1.44. The first-order valence-electron chi connectivity index (χ1n) is 3.39. The summed E-state index contributed by atoms with van der Waals surface area (Å²) in [5.74, 6) is -0.177. The van der Waals surface area contributed by atoms with Gasteiger partial charge in [0.1, 0.15) is 5.82 Å². The third kappa shape index (κ3) is 1.22. The number of rotatable bonds is 0. The van der Waals surface area contributed by atoms with Gasteiger partial charge in [0.25, 0.3) is 0 Å². The van der Waals surface area contributed by atoms with Gasteiger partial charge in [-0.3, -0.25) is 0 Å². The molecule has 4 heteroatoms. The van der Waals surface area contributed by atoms with Crippen LogP contribution in [0.4, 0.5) is 4.39 Å². The second kappa shape index (κ2) is 2.92. The normalized spacial score (nSPS) is 10.9. The molecule has 62 valence electrons. The van der Waals surface area contributed by atoms with Crippen molar-refractivity contribution in [1.29, 1.82) is 0 Å². The molecule has 0 atom stereocenters. The number of aryl methyl sites for hydroxylation is 1. The zero-order chi connectivity index (χ0) is 8.72. The van der Waals surface area contributed by atoms with Crippen molar-refractivity contribution in [2.45, 2.75) is 6.92 Å². The van der Waals surface area contributed by atoms with E-state index >= 15 is 0 Å². The molecule has 2 aromatic rings. The molecule has 0 N–H and O–H groups in total. The van der Waals surface area contributed by atoms with Crippen molar-refractivity contribution in [3.8, 4) is 0 Å². The Bertz CT molecular complexity index is 438. The van der Waals surface area contributed by atoms with E-state index < -0.39 is 0 Å². The van der Waals surface area contributed by atoms with Gasteiger partial charge in [-0.1, -0.05) is 0 Å². The van der Waals surface area contributed by atoms with E-state index in [2.05, 4.69) is 27.6 Å². The number of aromatic nitrogens is 1. The van der Waals surface area contributed by atoms with Gasteiger partial charge in [-0.2, -0.15) is 0 Å². The number of hydrogen-bond donors (Lipinski definition) is 0. The van der Waals surface area contributed by atoms with E-state index in [-0.39, 0.29) is 5.82 Å². The molecule has 0 saturated carbocycles. The van der Waals surface area contributed by atoms with Crippen LogP contribution in [0.25, 0.3) is 10.2 Å². The van der Waals surface area contributed by atoms with E-state index in [1.165, 1.54) is 6.07 Å². The molecule has 0 spiro atoms. The van der Waals surface area contributed by atoms with E-state index in [1.54, 1.807) is 24.3 Å². The molecule has 0 unspecified atom stereocenters. The third-order valence-corrected chi connectivity index (χ3v) is 3.43. The Morgan fingerprint density at radius 1 is 1.50 bits per heavy atom. The Kier molecular flexibility index (Phi) is 2.04. The highest BCUT2D eigenvalue weighted by Gasteiger charge is 2.06. The van der Waals surface area contributed by atoms with Crippen molar-refractivity contribution in [2.75, 3.05) is 0 Å². The van der Waals surface area contributed by atoms with Crippen LogP contribution in [0.5, 0.6) is 0 Å². The standard InChI is InChI=1S/C8H5FINS/c1-4-5(9)2-3-6-7(4)11-8(10)12-6/h2-3H,1H3. The molecule has 1 aromatic carbocycles.